The van der Waals surface area contributed by atoms with Crippen LogP contribution in [0.3, 0.4) is 0 Å². The molecule has 6 heteroatoms. The van der Waals surface area contributed by atoms with Gasteiger partial charge in [0.25, 0.3) is 0 Å². The molecule has 1 heterocycles. The van der Waals surface area contributed by atoms with Gasteiger partial charge in [-0.05, 0) is 47.7 Å². The highest BCUT2D eigenvalue weighted by atomic mass is 16.6. The monoisotopic (exact) mass is 236 g/mol. The molecular formula is C11H16N4O2. The predicted molar refractivity (Wildman–Crippen MR) is 64.7 cm³/mol. The van der Waals surface area contributed by atoms with E-state index in [1.165, 1.54) is 6.20 Å². The first-order valence-electron chi connectivity index (χ1n) is 5.78. The summed E-state index contributed by atoms with van der Waals surface area (Å²) in [6, 6.07) is 3.93. The Balaban J connectivity index is 2.05. The number of nitro groups is 1. The second-order valence-electron chi connectivity index (χ2n) is 4.39. The predicted octanol–water partition coefficient (Wildman–Crippen LogP) is 1.67. The summed E-state index contributed by atoms with van der Waals surface area (Å²) < 4.78 is 0. The Labute approximate surface area is 99.4 Å². The van der Waals surface area contributed by atoms with Crippen molar-refractivity contribution in [3.8, 4) is 0 Å². The quantitative estimate of drug-likeness (QED) is 0.615. The summed E-state index contributed by atoms with van der Waals surface area (Å²) in [5.41, 5.74) is 6.32. The fourth-order valence-electron chi connectivity index (χ4n) is 2.14. The minimum atomic E-state index is -0.461. The van der Waals surface area contributed by atoms with Crippen molar-refractivity contribution in [1.29, 1.82) is 0 Å². The van der Waals surface area contributed by atoms with Crippen LogP contribution in [0.25, 0.3) is 0 Å². The first-order valence-corrected chi connectivity index (χ1v) is 5.78. The molecule has 0 amide bonds. The topological polar surface area (TPSA) is 94.1 Å². The highest BCUT2D eigenvalue weighted by Crippen LogP contribution is 2.25. The van der Waals surface area contributed by atoms with E-state index in [9.17, 15) is 10.1 Å². The zero-order valence-electron chi connectivity index (χ0n) is 9.50. The third-order valence-electron chi connectivity index (χ3n) is 3.09. The fraction of sp³-hybridized carbons (Fsp3) is 0.545. The zero-order valence-corrected chi connectivity index (χ0v) is 9.50. The first kappa shape index (κ1) is 11.8. The van der Waals surface area contributed by atoms with E-state index in [-0.39, 0.29) is 17.9 Å². The first-order chi connectivity index (χ1) is 8.16. The Kier molecular flexibility index (Phi) is 3.53. The van der Waals surface area contributed by atoms with Gasteiger partial charge in [-0.25, -0.2) is 0 Å². The van der Waals surface area contributed by atoms with Crippen LogP contribution in [0.5, 0.6) is 0 Å². The number of rotatable bonds is 3. The molecule has 1 saturated carbocycles. The number of nitrogens with two attached hydrogens (primary N) is 1. The summed E-state index contributed by atoms with van der Waals surface area (Å²) in [6.07, 6.45) is 5.26. The third-order valence-corrected chi connectivity index (χ3v) is 3.09. The minimum absolute atomic E-state index is 0.109. The van der Waals surface area contributed by atoms with Crippen LogP contribution in [0, 0.1) is 10.1 Å². The maximum absolute atomic E-state index is 10.8. The molecule has 0 spiro atoms. The summed E-state index contributed by atoms with van der Waals surface area (Å²) in [5, 5.41) is 14.0. The molecule has 1 aromatic heterocycles. The molecule has 0 unspecified atom stereocenters. The molecule has 1 aromatic rings. The lowest BCUT2D eigenvalue weighted by Crippen LogP contribution is -2.32. The molecule has 0 aromatic carbocycles. The van der Waals surface area contributed by atoms with Crippen LogP contribution in [0.15, 0.2) is 18.3 Å². The van der Waals surface area contributed by atoms with E-state index in [0.29, 0.717) is 5.69 Å². The zero-order chi connectivity index (χ0) is 12.3. The Hall–Kier alpha value is -1.69. The van der Waals surface area contributed by atoms with Crippen LogP contribution < -0.4 is 11.1 Å². The third kappa shape index (κ3) is 2.91. The van der Waals surface area contributed by atoms with Crippen molar-refractivity contribution in [2.45, 2.75) is 37.8 Å². The average Bonchev–Trinajstić information content (AvgIpc) is 2.32. The molecule has 1 aliphatic rings. The highest BCUT2D eigenvalue weighted by Gasteiger charge is 2.21. The van der Waals surface area contributed by atoms with E-state index < -0.39 is 4.92 Å². The Morgan fingerprint density at radius 3 is 2.76 bits per heavy atom. The molecular weight excluding hydrogens is 220 g/mol. The van der Waals surface area contributed by atoms with Crippen molar-refractivity contribution in [3.05, 3.63) is 28.4 Å². The van der Waals surface area contributed by atoms with Crippen molar-refractivity contribution < 1.29 is 4.92 Å². The molecule has 92 valence electrons. The summed E-state index contributed by atoms with van der Waals surface area (Å²) in [5.74, 6) is -0.109. The largest absolute Gasteiger partial charge is 0.386 e. The van der Waals surface area contributed by atoms with E-state index in [4.69, 9.17) is 5.73 Å². The highest BCUT2D eigenvalue weighted by molar-refractivity contribution is 5.57. The van der Waals surface area contributed by atoms with Crippen molar-refractivity contribution in [2.24, 2.45) is 5.73 Å². The van der Waals surface area contributed by atoms with Crippen LogP contribution in [-0.4, -0.2) is 22.0 Å². The Morgan fingerprint density at radius 1 is 1.41 bits per heavy atom. The van der Waals surface area contributed by atoms with Crippen LogP contribution in [0.1, 0.15) is 25.7 Å². The minimum Gasteiger partial charge on any atom is -0.375 e. The molecule has 17 heavy (non-hydrogen) atoms. The Morgan fingerprint density at radius 2 is 2.12 bits per heavy atom. The van der Waals surface area contributed by atoms with E-state index in [2.05, 4.69) is 10.3 Å². The van der Waals surface area contributed by atoms with Gasteiger partial charge in [0.05, 0.1) is 0 Å². The number of nitrogens with zero attached hydrogens (tertiary/aromatic N) is 2. The van der Waals surface area contributed by atoms with E-state index in [1.807, 2.05) is 0 Å². The van der Waals surface area contributed by atoms with Gasteiger partial charge in [-0.15, -0.1) is 0 Å². The van der Waals surface area contributed by atoms with Gasteiger partial charge in [-0.1, -0.05) is 0 Å². The van der Waals surface area contributed by atoms with Gasteiger partial charge >= 0.3 is 5.82 Å². The molecule has 6 nitrogen and oxygen atoms in total. The molecule has 0 atom stereocenters. The van der Waals surface area contributed by atoms with Crippen molar-refractivity contribution in [2.75, 3.05) is 5.32 Å². The van der Waals surface area contributed by atoms with Gasteiger partial charge in [0, 0.05) is 12.1 Å². The molecule has 1 aliphatic carbocycles. The van der Waals surface area contributed by atoms with Crippen LogP contribution in [-0.2, 0) is 0 Å². The van der Waals surface area contributed by atoms with Gasteiger partial charge < -0.3 is 21.2 Å². The molecule has 2 rings (SSSR count). The van der Waals surface area contributed by atoms with E-state index in [1.54, 1.807) is 12.1 Å². The summed E-state index contributed by atoms with van der Waals surface area (Å²) in [6.45, 7) is 0. The number of anilines is 1. The normalized spacial score (nSPS) is 24.3. The molecule has 0 aliphatic heterocycles. The van der Waals surface area contributed by atoms with Gasteiger partial charge in [-0.3, -0.25) is 0 Å². The molecule has 0 saturated heterocycles. The second kappa shape index (κ2) is 5.09. The Bertz CT molecular complexity index is 402. The standard InChI is InChI=1S/C11H16N4O2/c12-8-3-5-9(6-4-8)14-10-2-1-7-13-11(10)15(16)17/h1-2,7-9,14H,3-6,12H2. The molecule has 1 fully saturated rings. The van der Waals surface area contributed by atoms with E-state index in [0.717, 1.165) is 25.7 Å². The van der Waals surface area contributed by atoms with Crippen LogP contribution in [0.4, 0.5) is 11.5 Å². The number of nitrogens with one attached hydrogen (secondary N) is 1. The SMILES string of the molecule is NC1CCC(Nc2cccnc2[N+](=O)[O-])CC1. The van der Waals surface area contributed by atoms with Crippen molar-refractivity contribution in [1.82, 2.24) is 4.98 Å². The molecule has 0 radical (unpaired) electrons. The lowest BCUT2D eigenvalue weighted by atomic mass is 9.92. The van der Waals surface area contributed by atoms with Gasteiger partial charge in [-0.2, -0.15) is 0 Å². The number of aromatic nitrogens is 1. The maximum atomic E-state index is 10.8. The summed E-state index contributed by atoms with van der Waals surface area (Å²) in [7, 11) is 0. The number of hydrogen-bond acceptors (Lipinski definition) is 5. The lowest BCUT2D eigenvalue weighted by molar-refractivity contribution is -0.388. The van der Waals surface area contributed by atoms with Gasteiger partial charge in [0.15, 0.2) is 0 Å². The summed E-state index contributed by atoms with van der Waals surface area (Å²) in [4.78, 5) is 14.1. The fourth-order valence-corrected chi connectivity index (χ4v) is 2.14. The summed E-state index contributed by atoms with van der Waals surface area (Å²) >= 11 is 0. The van der Waals surface area contributed by atoms with E-state index >= 15 is 0 Å². The van der Waals surface area contributed by atoms with Gasteiger partial charge in [0.2, 0.25) is 0 Å². The van der Waals surface area contributed by atoms with Crippen molar-refractivity contribution in [3.63, 3.8) is 0 Å². The smallest absolute Gasteiger partial charge is 0.375 e. The van der Waals surface area contributed by atoms with Crippen LogP contribution in [0.2, 0.25) is 0 Å². The number of hydrogen-bond donors (Lipinski definition) is 2. The lowest BCUT2D eigenvalue weighted by Gasteiger charge is -2.27. The molecule has 3 N–H and O–H groups in total. The van der Waals surface area contributed by atoms with Crippen molar-refractivity contribution >= 4 is 11.5 Å². The second-order valence-corrected chi connectivity index (χ2v) is 4.39. The molecule has 0 bridgehead atoms. The van der Waals surface area contributed by atoms with Gasteiger partial charge in [0.1, 0.15) is 11.9 Å². The average molecular weight is 236 g/mol. The number of pyridine rings is 1. The maximum Gasteiger partial charge on any atom is 0.386 e. The van der Waals surface area contributed by atoms with Crippen LogP contribution >= 0.6 is 0 Å².